The van der Waals surface area contributed by atoms with Crippen molar-refractivity contribution < 1.29 is 9.66 Å². The Labute approximate surface area is 118 Å². The van der Waals surface area contributed by atoms with E-state index in [9.17, 15) is 10.1 Å². The van der Waals surface area contributed by atoms with Crippen molar-refractivity contribution in [2.75, 3.05) is 32.6 Å². The van der Waals surface area contributed by atoms with Gasteiger partial charge in [-0.25, -0.2) is 0 Å². The fraction of sp³-hybridized carbons (Fsp3) is 0.615. The number of rotatable bonds is 6. The fourth-order valence-corrected chi connectivity index (χ4v) is 2.45. The molecule has 1 atom stereocenters. The third-order valence-electron chi connectivity index (χ3n) is 3.65. The number of hydrogen-bond donors (Lipinski definition) is 1. The van der Waals surface area contributed by atoms with Crippen LogP contribution in [0.15, 0.2) is 12.1 Å². The van der Waals surface area contributed by atoms with Gasteiger partial charge in [0, 0.05) is 19.2 Å². The van der Waals surface area contributed by atoms with E-state index < -0.39 is 4.92 Å². The Hall–Kier alpha value is -1.89. The predicted octanol–water partition coefficient (Wildman–Crippen LogP) is 1.89. The summed E-state index contributed by atoms with van der Waals surface area (Å²) in [7, 11) is 3.81. The normalized spacial score (nSPS) is 19.0. The second-order valence-corrected chi connectivity index (χ2v) is 4.94. The lowest BCUT2D eigenvalue weighted by Gasteiger charge is -2.19. The number of anilines is 1. The second-order valence-electron chi connectivity index (χ2n) is 4.94. The van der Waals surface area contributed by atoms with E-state index in [1.807, 2.05) is 0 Å². The minimum Gasteiger partial charge on any atom is -0.473 e. The molecule has 7 nitrogen and oxygen atoms in total. The highest BCUT2D eigenvalue weighted by molar-refractivity contribution is 5.48. The topological polar surface area (TPSA) is 80.5 Å². The fourth-order valence-electron chi connectivity index (χ4n) is 2.45. The molecular weight excluding hydrogens is 260 g/mol. The molecule has 1 aliphatic heterocycles. The van der Waals surface area contributed by atoms with E-state index in [1.165, 1.54) is 12.5 Å². The van der Waals surface area contributed by atoms with Crippen LogP contribution in [0.1, 0.15) is 19.3 Å². The summed E-state index contributed by atoms with van der Waals surface area (Å²) >= 11 is 0. The van der Waals surface area contributed by atoms with E-state index in [2.05, 4.69) is 22.2 Å². The Bertz CT molecular complexity index is 481. The quantitative estimate of drug-likeness (QED) is 0.633. The Kier molecular flexibility index (Phi) is 4.73. The molecule has 1 aromatic rings. The number of hydrogen-bond acceptors (Lipinski definition) is 6. The van der Waals surface area contributed by atoms with Crippen molar-refractivity contribution in [1.29, 1.82) is 0 Å². The molecular formula is C13H20N4O3. The van der Waals surface area contributed by atoms with Crippen molar-refractivity contribution in [2.45, 2.75) is 25.3 Å². The molecule has 0 radical (unpaired) electrons. The molecule has 1 unspecified atom stereocenters. The smallest absolute Gasteiger partial charge is 0.331 e. The Balaban J connectivity index is 1.98. The number of aromatic nitrogens is 1. The van der Waals surface area contributed by atoms with Gasteiger partial charge in [0.05, 0.1) is 11.5 Å². The summed E-state index contributed by atoms with van der Waals surface area (Å²) in [5, 5.41) is 13.8. The average Bonchev–Trinajstić information content (AvgIpc) is 2.84. The lowest BCUT2D eigenvalue weighted by molar-refractivity contribution is -0.386. The zero-order chi connectivity index (χ0) is 14.5. The summed E-state index contributed by atoms with van der Waals surface area (Å²) in [6.07, 6.45) is 3.22. The molecule has 1 aliphatic rings. The van der Waals surface area contributed by atoms with Crippen LogP contribution in [-0.2, 0) is 0 Å². The van der Waals surface area contributed by atoms with Gasteiger partial charge in [0.25, 0.3) is 5.88 Å². The molecule has 20 heavy (non-hydrogen) atoms. The van der Waals surface area contributed by atoms with Gasteiger partial charge < -0.3 is 15.0 Å². The number of nitrogens with zero attached hydrogens (tertiary/aromatic N) is 3. The maximum Gasteiger partial charge on any atom is 0.331 e. The summed E-state index contributed by atoms with van der Waals surface area (Å²) in [6, 6.07) is 3.48. The summed E-state index contributed by atoms with van der Waals surface area (Å²) < 4.78 is 5.53. The van der Waals surface area contributed by atoms with Crippen LogP contribution in [0.4, 0.5) is 11.5 Å². The van der Waals surface area contributed by atoms with E-state index >= 15 is 0 Å². The van der Waals surface area contributed by atoms with Crippen LogP contribution in [0.3, 0.4) is 0 Å². The van der Waals surface area contributed by atoms with Gasteiger partial charge in [0.2, 0.25) is 0 Å². The van der Waals surface area contributed by atoms with E-state index in [1.54, 1.807) is 13.1 Å². The molecule has 0 saturated carbocycles. The molecule has 1 fully saturated rings. The number of likely N-dealkylation sites (tertiary alicyclic amines) is 1. The molecule has 1 N–H and O–H groups in total. The molecule has 0 aromatic carbocycles. The highest BCUT2D eigenvalue weighted by atomic mass is 16.6. The van der Waals surface area contributed by atoms with Crippen LogP contribution in [-0.4, -0.2) is 48.1 Å². The molecule has 1 saturated heterocycles. The zero-order valence-corrected chi connectivity index (χ0v) is 11.8. The van der Waals surface area contributed by atoms with Gasteiger partial charge >= 0.3 is 5.69 Å². The molecule has 0 bridgehead atoms. The van der Waals surface area contributed by atoms with Crippen LogP contribution >= 0.6 is 0 Å². The minimum absolute atomic E-state index is 0.0856. The van der Waals surface area contributed by atoms with Crippen molar-refractivity contribution >= 4 is 11.5 Å². The van der Waals surface area contributed by atoms with Crippen LogP contribution < -0.4 is 10.1 Å². The Morgan fingerprint density at radius 2 is 2.40 bits per heavy atom. The third kappa shape index (κ3) is 3.36. The van der Waals surface area contributed by atoms with E-state index in [4.69, 9.17) is 4.74 Å². The zero-order valence-electron chi connectivity index (χ0n) is 11.8. The van der Waals surface area contributed by atoms with E-state index in [0.29, 0.717) is 18.5 Å². The first-order valence-electron chi connectivity index (χ1n) is 6.78. The highest BCUT2D eigenvalue weighted by Gasteiger charge is 2.22. The maximum absolute atomic E-state index is 10.9. The lowest BCUT2D eigenvalue weighted by atomic mass is 10.1. The summed E-state index contributed by atoms with van der Waals surface area (Å²) in [6.45, 7) is 1.55. The average molecular weight is 280 g/mol. The molecule has 0 aliphatic carbocycles. The van der Waals surface area contributed by atoms with Crippen molar-refractivity contribution in [3.8, 4) is 5.88 Å². The van der Waals surface area contributed by atoms with Crippen molar-refractivity contribution in [3.05, 3.63) is 22.2 Å². The molecule has 0 spiro atoms. The molecule has 1 aromatic heterocycles. The first-order valence-corrected chi connectivity index (χ1v) is 6.78. The predicted molar refractivity (Wildman–Crippen MR) is 76.2 cm³/mol. The number of ether oxygens (including phenoxy) is 1. The molecule has 2 heterocycles. The van der Waals surface area contributed by atoms with E-state index in [0.717, 1.165) is 19.4 Å². The lowest BCUT2D eigenvalue weighted by Crippen LogP contribution is -2.26. The maximum atomic E-state index is 10.9. The van der Waals surface area contributed by atoms with Gasteiger partial charge in [-0.05, 0) is 38.9 Å². The Morgan fingerprint density at radius 3 is 3.00 bits per heavy atom. The first kappa shape index (κ1) is 14.5. The highest BCUT2D eigenvalue weighted by Crippen LogP contribution is 2.27. The van der Waals surface area contributed by atoms with Gasteiger partial charge in [-0.15, -0.1) is 0 Å². The number of nitro groups is 1. The number of nitrogens with one attached hydrogen (secondary N) is 1. The van der Waals surface area contributed by atoms with Gasteiger partial charge in [0.1, 0.15) is 5.82 Å². The molecule has 0 amide bonds. The molecule has 7 heteroatoms. The largest absolute Gasteiger partial charge is 0.473 e. The summed E-state index contributed by atoms with van der Waals surface area (Å²) in [5.41, 5.74) is -0.0937. The molecule has 110 valence electrons. The number of pyridine rings is 1. The van der Waals surface area contributed by atoms with Crippen LogP contribution in [0.25, 0.3) is 0 Å². The second kappa shape index (κ2) is 6.51. The summed E-state index contributed by atoms with van der Waals surface area (Å²) in [4.78, 5) is 16.9. The van der Waals surface area contributed by atoms with Crippen LogP contribution in [0, 0.1) is 10.1 Å². The standard InChI is InChI=1S/C13H20N4O3/c1-14-12-6-5-11(17(18)19)13(15-12)20-9-7-10-4-3-8-16(10)2/h5-6,10H,3-4,7-9H2,1-2H3,(H,14,15). The third-order valence-corrected chi connectivity index (χ3v) is 3.65. The SMILES string of the molecule is CNc1ccc([N+](=O)[O-])c(OCCC2CCCN2C)n1. The van der Waals surface area contributed by atoms with Crippen LogP contribution in [0.5, 0.6) is 5.88 Å². The first-order chi connectivity index (χ1) is 9.61. The van der Waals surface area contributed by atoms with Gasteiger partial charge in [-0.2, -0.15) is 4.98 Å². The van der Waals surface area contributed by atoms with Crippen LogP contribution in [0.2, 0.25) is 0 Å². The van der Waals surface area contributed by atoms with Gasteiger partial charge in [0.15, 0.2) is 0 Å². The summed E-state index contributed by atoms with van der Waals surface area (Å²) in [5.74, 6) is 0.645. The van der Waals surface area contributed by atoms with Crippen molar-refractivity contribution in [1.82, 2.24) is 9.88 Å². The Morgan fingerprint density at radius 1 is 1.60 bits per heavy atom. The minimum atomic E-state index is -0.469. The monoisotopic (exact) mass is 280 g/mol. The van der Waals surface area contributed by atoms with Gasteiger partial charge in [-0.3, -0.25) is 10.1 Å². The molecule has 2 rings (SSSR count). The van der Waals surface area contributed by atoms with Crippen molar-refractivity contribution in [2.24, 2.45) is 0 Å². The van der Waals surface area contributed by atoms with E-state index in [-0.39, 0.29) is 11.6 Å². The van der Waals surface area contributed by atoms with Crippen molar-refractivity contribution in [3.63, 3.8) is 0 Å². The van der Waals surface area contributed by atoms with Gasteiger partial charge in [-0.1, -0.05) is 0 Å².